The van der Waals surface area contributed by atoms with Crippen molar-refractivity contribution in [3.05, 3.63) is 109 Å². The first kappa shape index (κ1) is 67.7. The largest absolute Gasteiger partial charge is 0.472 e. The van der Waals surface area contributed by atoms with E-state index in [-0.39, 0.29) is 25.5 Å². The third-order valence-electron chi connectivity index (χ3n) is 11.7. The van der Waals surface area contributed by atoms with E-state index in [2.05, 4.69) is 111 Å². The highest BCUT2D eigenvalue weighted by Gasteiger charge is 2.30. The highest BCUT2D eigenvalue weighted by Crippen LogP contribution is 2.43. The van der Waals surface area contributed by atoms with E-state index in [4.69, 9.17) is 13.8 Å². The number of nitrogens with zero attached hydrogens (tertiary/aromatic N) is 1. The summed E-state index contributed by atoms with van der Waals surface area (Å²) in [7, 11) is 1.43. The average molecular weight is 1010 g/mol. The number of phosphoric acid groups is 1. The number of amides is 1. The summed E-state index contributed by atoms with van der Waals surface area (Å²) >= 11 is 0. The van der Waals surface area contributed by atoms with E-state index >= 15 is 0 Å². The third kappa shape index (κ3) is 51.4. The molecule has 0 aromatic rings. The zero-order chi connectivity index (χ0) is 52.2. The van der Waals surface area contributed by atoms with Gasteiger partial charge in [-0.05, 0) is 96.0 Å². The molecule has 0 aromatic heterocycles. The van der Waals surface area contributed by atoms with Crippen LogP contribution in [0.1, 0.15) is 213 Å². The molecule has 0 rings (SSSR count). The van der Waals surface area contributed by atoms with Crippen molar-refractivity contribution >= 4 is 19.7 Å². The fourth-order valence-corrected chi connectivity index (χ4v) is 8.10. The number of carbonyl (C=O) groups excluding carboxylic acids is 2. The van der Waals surface area contributed by atoms with Crippen LogP contribution < -0.4 is 5.32 Å². The lowest BCUT2D eigenvalue weighted by Gasteiger charge is -2.27. The van der Waals surface area contributed by atoms with Crippen LogP contribution in [0, 0.1) is 0 Å². The number of carbonyl (C=O) groups is 2. The molecule has 10 heteroatoms. The first-order chi connectivity index (χ1) is 34.4. The van der Waals surface area contributed by atoms with Crippen LogP contribution in [0.25, 0.3) is 0 Å². The van der Waals surface area contributed by atoms with Crippen molar-refractivity contribution in [3.63, 3.8) is 0 Å². The first-order valence-electron chi connectivity index (χ1n) is 28.2. The van der Waals surface area contributed by atoms with Gasteiger partial charge < -0.3 is 19.4 Å². The predicted octanol–water partition coefficient (Wildman–Crippen LogP) is 17.0. The van der Waals surface area contributed by atoms with Gasteiger partial charge in [-0.3, -0.25) is 18.6 Å². The lowest BCUT2D eigenvalue weighted by molar-refractivity contribution is -0.870. The van der Waals surface area contributed by atoms with Crippen LogP contribution in [-0.2, 0) is 27.9 Å². The number of ether oxygens (including phenoxy) is 1. The van der Waals surface area contributed by atoms with E-state index in [1.165, 1.54) is 64.2 Å². The molecular weight excluding hydrogens is 904 g/mol. The predicted molar refractivity (Wildman–Crippen MR) is 304 cm³/mol. The van der Waals surface area contributed by atoms with E-state index in [0.717, 1.165) is 109 Å². The third-order valence-corrected chi connectivity index (χ3v) is 12.7. The standard InChI is InChI=1S/C61H105N2O7P/c1-7-10-13-16-19-22-25-27-29-30-31-32-34-36-39-42-45-48-51-54-61(65)70-59(52-49-46-43-40-37-24-21-18-15-12-9-3)58(57-69-71(66,67)68-56-55-63(4,5)6)62-60(64)53-50-47-44-41-38-35-33-28-26-23-20-17-14-11-8-2/h10,13,19-20,22-23,26-29,31-32,36,39,45,48-49,52,58-59H,7-9,11-12,14-18,21,24-25,30,33-35,37-38,40-44,46-47,50-51,53-57H2,1-6H3,(H-,62,64,66,67)/p+1/b13-10-,22-19-,23-20+,28-26+,29-27-,32-31-,39-36-,48-45-,52-49+. The maximum atomic E-state index is 13.5. The molecule has 406 valence electrons. The van der Waals surface area contributed by atoms with E-state index in [1.54, 1.807) is 0 Å². The Labute approximate surface area is 436 Å². The molecule has 0 aliphatic heterocycles. The summed E-state index contributed by atoms with van der Waals surface area (Å²) in [6.07, 6.45) is 68.1. The van der Waals surface area contributed by atoms with Crippen LogP contribution in [0.4, 0.5) is 0 Å². The van der Waals surface area contributed by atoms with E-state index in [9.17, 15) is 19.0 Å². The van der Waals surface area contributed by atoms with Gasteiger partial charge in [0.15, 0.2) is 0 Å². The van der Waals surface area contributed by atoms with Gasteiger partial charge in [0, 0.05) is 12.8 Å². The molecule has 9 nitrogen and oxygen atoms in total. The molecule has 1 amide bonds. The molecule has 0 fully saturated rings. The van der Waals surface area contributed by atoms with Gasteiger partial charge in [-0.25, -0.2) is 4.57 Å². The van der Waals surface area contributed by atoms with Gasteiger partial charge in [-0.15, -0.1) is 0 Å². The molecule has 0 aromatic carbocycles. The molecular formula is C61H106N2O7P+. The highest BCUT2D eigenvalue weighted by molar-refractivity contribution is 7.47. The Hall–Kier alpha value is -3.33. The Morgan fingerprint density at radius 2 is 0.958 bits per heavy atom. The fraction of sp³-hybridized carbons (Fsp3) is 0.672. The van der Waals surface area contributed by atoms with Crippen molar-refractivity contribution in [2.45, 2.75) is 226 Å². The second kappa shape index (κ2) is 50.2. The smallest absolute Gasteiger partial charge is 0.456 e. The highest BCUT2D eigenvalue weighted by atomic mass is 31.2. The minimum Gasteiger partial charge on any atom is -0.456 e. The number of hydrogen-bond acceptors (Lipinski definition) is 6. The summed E-state index contributed by atoms with van der Waals surface area (Å²) in [6, 6.07) is -0.890. The number of quaternary nitrogens is 1. The lowest BCUT2D eigenvalue weighted by atomic mass is 10.1. The quantitative estimate of drug-likeness (QED) is 0.0156. The molecule has 0 bridgehead atoms. The van der Waals surface area contributed by atoms with Gasteiger partial charge in [0.05, 0.1) is 33.8 Å². The second-order valence-corrected chi connectivity index (χ2v) is 21.2. The number of allylic oxidation sites excluding steroid dienone is 17. The summed E-state index contributed by atoms with van der Waals surface area (Å²) in [5, 5.41) is 3.01. The molecule has 0 aliphatic carbocycles. The minimum absolute atomic E-state index is 0.0210. The van der Waals surface area contributed by atoms with Crippen LogP contribution in [0.2, 0.25) is 0 Å². The van der Waals surface area contributed by atoms with Gasteiger partial charge in [0.25, 0.3) is 0 Å². The molecule has 0 saturated heterocycles. The second-order valence-electron chi connectivity index (χ2n) is 19.8. The normalized spacial score (nSPS) is 14.6. The zero-order valence-electron chi connectivity index (χ0n) is 46.2. The maximum absolute atomic E-state index is 13.5. The number of likely N-dealkylation sites (N-methyl/N-ethyl adjacent to an activating group) is 1. The van der Waals surface area contributed by atoms with Crippen molar-refractivity contribution in [1.29, 1.82) is 0 Å². The molecule has 71 heavy (non-hydrogen) atoms. The zero-order valence-corrected chi connectivity index (χ0v) is 47.1. The lowest BCUT2D eigenvalue weighted by Crippen LogP contribution is -2.47. The van der Waals surface area contributed by atoms with Crippen molar-refractivity contribution in [2.75, 3.05) is 40.9 Å². The number of esters is 1. The van der Waals surface area contributed by atoms with Crippen molar-refractivity contribution < 1.29 is 37.3 Å². The Morgan fingerprint density at radius 1 is 0.521 bits per heavy atom. The molecule has 3 unspecified atom stereocenters. The number of rotatable bonds is 49. The number of nitrogens with one attached hydrogen (secondary N) is 1. The molecule has 0 spiro atoms. The van der Waals surface area contributed by atoms with Crippen LogP contribution >= 0.6 is 7.82 Å². The molecule has 3 atom stereocenters. The summed E-state index contributed by atoms with van der Waals surface area (Å²) in [4.78, 5) is 37.5. The molecule has 0 heterocycles. The SMILES string of the molecule is CC/C=C\C/C=C\C/C=C\C/C=C\C/C=C\C/C=C\CCC(=O)OC(/C=C/CCCCCCCCCCC)C(COP(=O)(O)OCC[N+](C)(C)C)NC(=O)CCCCCCCC/C=C/C=C/CCCCC. The Balaban J connectivity index is 5.48. The molecule has 2 N–H and O–H groups in total. The molecule has 0 saturated carbocycles. The van der Waals surface area contributed by atoms with Crippen LogP contribution in [-0.4, -0.2) is 74.3 Å². The average Bonchev–Trinajstić information content (AvgIpc) is 3.33. The summed E-state index contributed by atoms with van der Waals surface area (Å²) in [5.41, 5.74) is 0. The Bertz CT molecular complexity index is 1580. The number of unbranched alkanes of at least 4 members (excludes halogenated alkanes) is 18. The topological polar surface area (TPSA) is 111 Å². The summed E-state index contributed by atoms with van der Waals surface area (Å²) < 4.78 is 30.5. The van der Waals surface area contributed by atoms with Gasteiger partial charge in [0.2, 0.25) is 5.91 Å². The van der Waals surface area contributed by atoms with Gasteiger partial charge in [-0.1, -0.05) is 214 Å². The number of hydrogen-bond donors (Lipinski definition) is 2. The molecule has 0 radical (unpaired) electrons. The fourth-order valence-electron chi connectivity index (χ4n) is 7.37. The first-order valence-corrected chi connectivity index (χ1v) is 29.7. The van der Waals surface area contributed by atoms with E-state index in [0.29, 0.717) is 23.9 Å². The Morgan fingerprint density at radius 3 is 1.46 bits per heavy atom. The van der Waals surface area contributed by atoms with E-state index in [1.807, 2.05) is 45.4 Å². The summed E-state index contributed by atoms with van der Waals surface area (Å²) in [5.74, 6) is -0.626. The van der Waals surface area contributed by atoms with Gasteiger partial charge in [0.1, 0.15) is 19.3 Å². The van der Waals surface area contributed by atoms with Gasteiger partial charge in [-0.2, -0.15) is 0 Å². The maximum Gasteiger partial charge on any atom is 0.472 e. The van der Waals surface area contributed by atoms with Crippen molar-refractivity contribution in [2.24, 2.45) is 0 Å². The van der Waals surface area contributed by atoms with Crippen LogP contribution in [0.3, 0.4) is 0 Å². The summed E-state index contributed by atoms with van der Waals surface area (Å²) in [6.45, 7) is 6.78. The number of phosphoric ester groups is 1. The molecule has 0 aliphatic rings. The van der Waals surface area contributed by atoms with Crippen LogP contribution in [0.15, 0.2) is 109 Å². The van der Waals surface area contributed by atoms with Gasteiger partial charge >= 0.3 is 13.8 Å². The monoisotopic (exact) mass is 1010 g/mol. The Kier molecular flexibility index (Phi) is 47.9. The van der Waals surface area contributed by atoms with Crippen LogP contribution in [0.5, 0.6) is 0 Å². The van der Waals surface area contributed by atoms with Crippen molar-refractivity contribution in [1.82, 2.24) is 5.32 Å². The minimum atomic E-state index is -4.47. The van der Waals surface area contributed by atoms with Crippen molar-refractivity contribution in [3.8, 4) is 0 Å². The van der Waals surface area contributed by atoms with E-state index < -0.39 is 25.9 Å².